The second kappa shape index (κ2) is 9.31. The van der Waals surface area contributed by atoms with Gasteiger partial charge in [0, 0.05) is 3.57 Å². The van der Waals surface area contributed by atoms with Gasteiger partial charge in [0.05, 0.1) is 5.69 Å². The first-order valence-corrected chi connectivity index (χ1v) is 10.6. The Labute approximate surface area is 196 Å². The van der Waals surface area contributed by atoms with Crippen LogP contribution in [0.4, 0.5) is 14.9 Å². The number of anilines is 1. The van der Waals surface area contributed by atoms with E-state index in [1.807, 2.05) is 24.3 Å². The lowest BCUT2D eigenvalue weighted by Gasteiger charge is -2.26. The standard InChI is InChI=1S/C24H16FIN2O4/c25-20-3-1-2-4-21(20)28-23(30)19(22(29)27-24(28)31)13-15-7-11-18(12-8-15)32-14-16-5-9-17(26)10-6-16/h1-13H,14H2,(H,27,29,31)/b19-13+. The molecule has 0 bridgehead atoms. The van der Waals surface area contributed by atoms with Gasteiger partial charge in [0.2, 0.25) is 0 Å². The van der Waals surface area contributed by atoms with Crippen LogP contribution in [-0.4, -0.2) is 17.8 Å². The minimum absolute atomic E-state index is 0.229. The molecule has 0 spiro atoms. The van der Waals surface area contributed by atoms with Crippen molar-refractivity contribution in [2.45, 2.75) is 6.61 Å². The summed E-state index contributed by atoms with van der Waals surface area (Å²) < 4.78 is 21.0. The second-order valence-electron chi connectivity index (χ2n) is 6.89. The number of para-hydroxylation sites is 1. The summed E-state index contributed by atoms with van der Waals surface area (Å²) in [4.78, 5) is 37.9. The van der Waals surface area contributed by atoms with Crippen LogP contribution >= 0.6 is 22.6 Å². The van der Waals surface area contributed by atoms with Gasteiger partial charge in [-0.3, -0.25) is 14.9 Å². The van der Waals surface area contributed by atoms with Crippen LogP contribution in [0.25, 0.3) is 6.08 Å². The first-order chi connectivity index (χ1) is 15.4. The molecule has 3 aromatic rings. The third-order valence-corrected chi connectivity index (χ3v) is 5.42. The first-order valence-electron chi connectivity index (χ1n) is 9.55. The minimum Gasteiger partial charge on any atom is -0.489 e. The second-order valence-corrected chi connectivity index (χ2v) is 8.14. The molecule has 4 rings (SSSR count). The summed E-state index contributed by atoms with van der Waals surface area (Å²) >= 11 is 2.23. The lowest BCUT2D eigenvalue weighted by Crippen LogP contribution is -2.54. The Morgan fingerprint density at radius 2 is 1.62 bits per heavy atom. The molecule has 3 aromatic carbocycles. The number of carbonyl (C=O) groups is 3. The molecule has 1 aliphatic rings. The van der Waals surface area contributed by atoms with E-state index < -0.39 is 23.7 Å². The molecule has 1 aliphatic heterocycles. The van der Waals surface area contributed by atoms with Crippen molar-refractivity contribution < 1.29 is 23.5 Å². The van der Waals surface area contributed by atoms with E-state index in [2.05, 4.69) is 27.9 Å². The normalized spacial score (nSPS) is 15.1. The van der Waals surface area contributed by atoms with Crippen LogP contribution in [0.5, 0.6) is 5.75 Å². The molecule has 0 radical (unpaired) electrons. The van der Waals surface area contributed by atoms with Gasteiger partial charge in [0.15, 0.2) is 0 Å². The Balaban J connectivity index is 1.52. The summed E-state index contributed by atoms with van der Waals surface area (Å²) in [6.07, 6.45) is 1.35. The van der Waals surface area contributed by atoms with E-state index in [0.29, 0.717) is 22.8 Å². The molecule has 1 N–H and O–H groups in total. The molecular formula is C24H16FIN2O4. The Morgan fingerprint density at radius 1 is 0.938 bits per heavy atom. The quantitative estimate of drug-likeness (QED) is 0.289. The summed E-state index contributed by atoms with van der Waals surface area (Å²) in [5.41, 5.74) is 1.07. The molecule has 6 nitrogen and oxygen atoms in total. The molecule has 32 heavy (non-hydrogen) atoms. The average molecular weight is 542 g/mol. The van der Waals surface area contributed by atoms with Crippen molar-refractivity contribution in [2.24, 2.45) is 0 Å². The predicted octanol–water partition coefficient (Wildman–Crippen LogP) is 4.68. The smallest absolute Gasteiger partial charge is 0.336 e. The maximum absolute atomic E-state index is 14.1. The highest BCUT2D eigenvalue weighted by atomic mass is 127. The highest BCUT2D eigenvalue weighted by Crippen LogP contribution is 2.25. The number of imide groups is 2. The summed E-state index contributed by atoms with van der Waals surface area (Å²) in [5, 5.41) is 2.08. The van der Waals surface area contributed by atoms with Crippen LogP contribution in [0, 0.1) is 9.39 Å². The fourth-order valence-corrected chi connectivity index (χ4v) is 3.44. The number of barbiturate groups is 1. The Bertz CT molecular complexity index is 1220. The van der Waals surface area contributed by atoms with Gasteiger partial charge in [-0.25, -0.2) is 14.1 Å². The largest absolute Gasteiger partial charge is 0.489 e. The first kappa shape index (κ1) is 21.7. The molecule has 160 valence electrons. The van der Waals surface area contributed by atoms with E-state index >= 15 is 0 Å². The molecule has 1 fully saturated rings. The molecule has 1 heterocycles. The third-order valence-electron chi connectivity index (χ3n) is 4.70. The van der Waals surface area contributed by atoms with Crippen LogP contribution < -0.4 is 15.0 Å². The maximum Gasteiger partial charge on any atom is 0.336 e. The zero-order valence-electron chi connectivity index (χ0n) is 16.5. The molecule has 0 saturated carbocycles. The molecule has 1 saturated heterocycles. The summed E-state index contributed by atoms with van der Waals surface area (Å²) in [6, 6.07) is 19.1. The van der Waals surface area contributed by atoms with E-state index in [9.17, 15) is 18.8 Å². The number of rotatable bonds is 5. The van der Waals surface area contributed by atoms with Gasteiger partial charge in [-0.15, -0.1) is 0 Å². The van der Waals surface area contributed by atoms with Crippen molar-refractivity contribution in [2.75, 3.05) is 4.90 Å². The van der Waals surface area contributed by atoms with Gasteiger partial charge in [0.25, 0.3) is 11.8 Å². The summed E-state index contributed by atoms with van der Waals surface area (Å²) in [5.74, 6) is -1.87. The van der Waals surface area contributed by atoms with E-state index in [-0.39, 0.29) is 11.3 Å². The summed E-state index contributed by atoms with van der Waals surface area (Å²) in [6.45, 7) is 0.401. The number of nitrogens with zero attached hydrogens (tertiary/aromatic N) is 1. The van der Waals surface area contributed by atoms with E-state index in [1.165, 1.54) is 24.3 Å². The van der Waals surface area contributed by atoms with Crippen LogP contribution in [0.1, 0.15) is 11.1 Å². The number of hydrogen-bond donors (Lipinski definition) is 1. The van der Waals surface area contributed by atoms with Crippen molar-refractivity contribution in [3.05, 3.63) is 98.9 Å². The minimum atomic E-state index is -0.999. The van der Waals surface area contributed by atoms with Crippen LogP contribution in [0.2, 0.25) is 0 Å². The molecule has 0 aliphatic carbocycles. The zero-order chi connectivity index (χ0) is 22.7. The Morgan fingerprint density at radius 3 is 2.31 bits per heavy atom. The van der Waals surface area contributed by atoms with Crippen molar-refractivity contribution in [1.82, 2.24) is 5.32 Å². The SMILES string of the molecule is O=C1NC(=O)N(c2ccccc2F)C(=O)/C1=C/c1ccc(OCc2ccc(I)cc2)cc1. The highest BCUT2D eigenvalue weighted by molar-refractivity contribution is 14.1. The lowest BCUT2D eigenvalue weighted by molar-refractivity contribution is -0.122. The number of carbonyl (C=O) groups excluding carboxylic acids is 3. The van der Waals surface area contributed by atoms with Gasteiger partial charge < -0.3 is 4.74 Å². The topological polar surface area (TPSA) is 75.7 Å². The number of urea groups is 1. The van der Waals surface area contributed by atoms with Gasteiger partial charge >= 0.3 is 6.03 Å². The van der Waals surface area contributed by atoms with Gasteiger partial charge in [0.1, 0.15) is 23.7 Å². The Kier molecular flexibility index (Phi) is 6.31. The number of amides is 4. The zero-order valence-corrected chi connectivity index (χ0v) is 18.7. The molecule has 0 unspecified atom stereocenters. The lowest BCUT2D eigenvalue weighted by atomic mass is 10.1. The molecule has 8 heteroatoms. The number of nitrogens with one attached hydrogen (secondary N) is 1. The fourth-order valence-electron chi connectivity index (χ4n) is 3.08. The molecule has 4 amide bonds. The van der Waals surface area contributed by atoms with Crippen molar-refractivity contribution in [3.8, 4) is 5.75 Å². The number of hydrogen-bond acceptors (Lipinski definition) is 4. The number of halogens is 2. The van der Waals surface area contributed by atoms with Crippen molar-refractivity contribution in [3.63, 3.8) is 0 Å². The highest BCUT2D eigenvalue weighted by Gasteiger charge is 2.37. The van der Waals surface area contributed by atoms with Crippen molar-refractivity contribution in [1.29, 1.82) is 0 Å². The summed E-state index contributed by atoms with van der Waals surface area (Å²) in [7, 11) is 0. The van der Waals surface area contributed by atoms with Gasteiger partial charge in [-0.2, -0.15) is 0 Å². The van der Waals surface area contributed by atoms with Gasteiger partial charge in [-0.1, -0.05) is 36.4 Å². The van der Waals surface area contributed by atoms with Crippen molar-refractivity contribution >= 4 is 52.2 Å². The molecular weight excluding hydrogens is 526 g/mol. The van der Waals surface area contributed by atoms with Crippen LogP contribution in [0.15, 0.2) is 78.4 Å². The third kappa shape index (κ3) is 4.70. The van der Waals surface area contributed by atoms with Crippen LogP contribution in [0.3, 0.4) is 0 Å². The van der Waals surface area contributed by atoms with E-state index in [4.69, 9.17) is 4.74 Å². The predicted molar refractivity (Wildman–Crippen MR) is 125 cm³/mol. The monoisotopic (exact) mass is 542 g/mol. The Hall–Kier alpha value is -3.53. The number of benzene rings is 3. The fraction of sp³-hybridized carbons (Fsp3) is 0.0417. The van der Waals surface area contributed by atoms with Gasteiger partial charge in [-0.05, 0) is 76.2 Å². The molecule has 0 atom stereocenters. The maximum atomic E-state index is 14.1. The number of ether oxygens (including phenoxy) is 1. The van der Waals surface area contributed by atoms with E-state index in [1.54, 1.807) is 24.3 Å². The van der Waals surface area contributed by atoms with Crippen LogP contribution in [-0.2, 0) is 16.2 Å². The molecule has 0 aromatic heterocycles. The average Bonchev–Trinajstić information content (AvgIpc) is 2.78. The van der Waals surface area contributed by atoms with E-state index in [0.717, 1.165) is 15.2 Å².